The number of halogens is 1. The van der Waals surface area contributed by atoms with Gasteiger partial charge in [-0.25, -0.2) is 14.0 Å². The second-order valence-electron chi connectivity index (χ2n) is 6.13. The van der Waals surface area contributed by atoms with Gasteiger partial charge in [0, 0.05) is 24.9 Å². The number of methoxy groups -OCH3 is 1. The summed E-state index contributed by atoms with van der Waals surface area (Å²) in [6.07, 6.45) is -1.19. The van der Waals surface area contributed by atoms with Crippen LogP contribution >= 0.6 is 0 Å². The predicted molar refractivity (Wildman–Crippen MR) is 101 cm³/mol. The Bertz CT molecular complexity index is 977. The van der Waals surface area contributed by atoms with E-state index in [4.69, 9.17) is 24.1 Å². The lowest BCUT2D eigenvalue weighted by Crippen LogP contribution is -2.27. The fourth-order valence-electron chi connectivity index (χ4n) is 2.74. The lowest BCUT2D eigenvalue weighted by Gasteiger charge is -2.24. The predicted octanol–water partition coefficient (Wildman–Crippen LogP) is 3.21. The van der Waals surface area contributed by atoms with Gasteiger partial charge in [0.1, 0.15) is 6.10 Å². The number of phenols is 1. The standard InChI is InChI=1S/C20H18FNO8/c1-27-16(6-7-18(24)25)19(11-2-4-14(23)13(21)8-11)30-20(26)22-12-3-5-15-17(9-12)29-10-28-15/h2-9,16,19,23H,10H2,1H3,(H,22,26)(H,24,25)/b7-6+/t16-,19-/m0/s1. The molecule has 0 fully saturated rings. The van der Waals surface area contributed by atoms with Crippen molar-refractivity contribution in [2.24, 2.45) is 0 Å². The molecule has 0 saturated heterocycles. The maximum absolute atomic E-state index is 13.8. The van der Waals surface area contributed by atoms with Crippen LogP contribution in [-0.4, -0.2) is 42.3 Å². The Morgan fingerprint density at radius 3 is 2.67 bits per heavy atom. The fourth-order valence-corrected chi connectivity index (χ4v) is 2.74. The number of amides is 1. The molecule has 1 amide bonds. The van der Waals surface area contributed by atoms with E-state index in [0.29, 0.717) is 17.2 Å². The SMILES string of the molecule is CO[C@@H](/C=C/C(=O)O)[C@@H](OC(=O)Nc1ccc2c(c1)OCO2)c1ccc(O)c(F)c1. The fraction of sp³-hybridized carbons (Fsp3) is 0.200. The monoisotopic (exact) mass is 419 g/mol. The number of hydrogen-bond acceptors (Lipinski definition) is 7. The van der Waals surface area contributed by atoms with Crippen molar-refractivity contribution < 1.29 is 43.1 Å². The number of nitrogens with one attached hydrogen (secondary N) is 1. The summed E-state index contributed by atoms with van der Waals surface area (Å²) < 4.78 is 34.9. The van der Waals surface area contributed by atoms with Gasteiger partial charge in [0.15, 0.2) is 29.2 Å². The van der Waals surface area contributed by atoms with Gasteiger partial charge in [-0.1, -0.05) is 6.07 Å². The highest BCUT2D eigenvalue weighted by molar-refractivity contribution is 5.85. The first-order chi connectivity index (χ1) is 14.4. The molecule has 1 aliphatic heterocycles. The molecule has 0 bridgehead atoms. The van der Waals surface area contributed by atoms with Crippen molar-refractivity contribution in [2.45, 2.75) is 12.2 Å². The van der Waals surface area contributed by atoms with Gasteiger partial charge >= 0.3 is 12.1 Å². The van der Waals surface area contributed by atoms with Gasteiger partial charge in [-0.2, -0.15) is 0 Å². The zero-order valence-electron chi connectivity index (χ0n) is 15.7. The van der Waals surface area contributed by atoms with E-state index in [9.17, 15) is 19.1 Å². The second-order valence-corrected chi connectivity index (χ2v) is 6.13. The number of carboxylic acid groups (broad SMARTS) is 1. The molecule has 158 valence electrons. The third-order valence-electron chi connectivity index (χ3n) is 4.15. The van der Waals surface area contributed by atoms with Crippen molar-refractivity contribution in [3.8, 4) is 17.2 Å². The van der Waals surface area contributed by atoms with E-state index < -0.39 is 35.8 Å². The Labute approximate surface area is 170 Å². The van der Waals surface area contributed by atoms with Crippen LogP contribution in [0.4, 0.5) is 14.9 Å². The van der Waals surface area contributed by atoms with E-state index in [1.807, 2.05) is 0 Å². The summed E-state index contributed by atoms with van der Waals surface area (Å²) in [5, 5.41) is 20.8. The summed E-state index contributed by atoms with van der Waals surface area (Å²) in [6.45, 7) is 0.0726. The van der Waals surface area contributed by atoms with E-state index in [0.717, 1.165) is 24.3 Å². The Morgan fingerprint density at radius 1 is 1.20 bits per heavy atom. The van der Waals surface area contributed by atoms with Crippen LogP contribution in [0, 0.1) is 5.82 Å². The number of carbonyl (C=O) groups excluding carboxylic acids is 1. The van der Waals surface area contributed by atoms with E-state index in [-0.39, 0.29) is 12.4 Å². The molecule has 1 heterocycles. The van der Waals surface area contributed by atoms with Crippen LogP contribution in [0.15, 0.2) is 48.6 Å². The summed E-state index contributed by atoms with van der Waals surface area (Å²) in [5.74, 6) is -1.78. The Kier molecular flexibility index (Phi) is 6.38. The Morgan fingerprint density at radius 2 is 1.97 bits per heavy atom. The lowest BCUT2D eigenvalue weighted by atomic mass is 10.0. The molecule has 3 rings (SSSR count). The summed E-state index contributed by atoms with van der Waals surface area (Å²) in [5.41, 5.74) is 0.503. The van der Waals surface area contributed by atoms with Crippen LogP contribution in [0.5, 0.6) is 17.2 Å². The highest BCUT2D eigenvalue weighted by Crippen LogP contribution is 2.34. The Balaban J connectivity index is 1.82. The molecule has 0 radical (unpaired) electrons. The zero-order valence-corrected chi connectivity index (χ0v) is 15.7. The molecule has 2 aromatic rings. The summed E-state index contributed by atoms with van der Waals surface area (Å²) >= 11 is 0. The second kappa shape index (κ2) is 9.14. The number of carboxylic acids is 1. The van der Waals surface area contributed by atoms with Crippen LogP contribution in [0.2, 0.25) is 0 Å². The molecule has 3 N–H and O–H groups in total. The van der Waals surface area contributed by atoms with Gasteiger partial charge in [-0.15, -0.1) is 0 Å². The number of ether oxygens (including phenoxy) is 4. The molecule has 2 atom stereocenters. The molecule has 10 heteroatoms. The van der Waals surface area contributed by atoms with Gasteiger partial charge in [-0.05, 0) is 35.9 Å². The zero-order chi connectivity index (χ0) is 21.7. The largest absolute Gasteiger partial charge is 0.505 e. The molecule has 0 aliphatic carbocycles. The number of benzene rings is 2. The van der Waals surface area contributed by atoms with Crippen LogP contribution in [-0.2, 0) is 14.3 Å². The van der Waals surface area contributed by atoms with Gasteiger partial charge in [0.05, 0.1) is 0 Å². The number of hydrogen-bond donors (Lipinski definition) is 3. The first kappa shape index (κ1) is 20.9. The molecule has 0 saturated carbocycles. The van der Waals surface area contributed by atoms with Crippen LogP contribution in [0.3, 0.4) is 0 Å². The summed E-state index contributed by atoms with van der Waals surface area (Å²) in [7, 11) is 1.28. The summed E-state index contributed by atoms with van der Waals surface area (Å²) in [6, 6.07) is 8.11. The minimum Gasteiger partial charge on any atom is -0.505 e. The van der Waals surface area contributed by atoms with Gasteiger partial charge in [-0.3, -0.25) is 5.32 Å². The normalized spacial score (nSPS) is 14.3. The minimum absolute atomic E-state index is 0.0726. The molecule has 2 aromatic carbocycles. The topological polar surface area (TPSA) is 124 Å². The number of rotatable bonds is 7. The lowest BCUT2D eigenvalue weighted by molar-refractivity contribution is -0.131. The van der Waals surface area contributed by atoms with Crippen molar-refractivity contribution >= 4 is 17.7 Å². The third kappa shape index (κ3) is 4.97. The number of carbonyl (C=O) groups is 2. The highest BCUT2D eigenvalue weighted by atomic mass is 19.1. The van der Waals surface area contributed by atoms with E-state index in [2.05, 4.69) is 5.32 Å². The first-order valence-electron chi connectivity index (χ1n) is 8.67. The van der Waals surface area contributed by atoms with Crippen LogP contribution in [0.25, 0.3) is 0 Å². The van der Waals surface area contributed by atoms with Gasteiger partial charge in [0.2, 0.25) is 6.79 Å². The molecule has 9 nitrogen and oxygen atoms in total. The van der Waals surface area contributed by atoms with Gasteiger partial charge < -0.3 is 29.2 Å². The van der Waals surface area contributed by atoms with Crippen LogP contribution < -0.4 is 14.8 Å². The maximum atomic E-state index is 13.8. The maximum Gasteiger partial charge on any atom is 0.412 e. The van der Waals surface area contributed by atoms with Crippen molar-refractivity contribution in [3.05, 3.63) is 59.9 Å². The Hall–Kier alpha value is -3.79. The quantitative estimate of drug-likeness (QED) is 0.585. The van der Waals surface area contributed by atoms with Crippen LogP contribution in [0.1, 0.15) is 11.7 Å². The smallest absolute Gasteiger partial charge is 0.412 e. The van der Waals surface area contributed by atoms with Crippen molar-refractivity contribution in [2.75, 3.05) is 19.2 Å². The molecule has 0 unspecified atom stereocenters. The first-order valence-corrected chi connectivity index (χ1v) is 8.67. The molecular formula is C20H18FNO8. The molecular weight excluding hydrogens is 401 g/mol. The number of phenolic OH excluding ortho intramolecular Hbond substituents is 1. The number of anilines is 1. The average molecular weight is 419 g/mol. The van der Waals surface area contributed by atoms with E-state index in [1.54, 1.807) is 12.1 Å². The highest BCUT2D eigenvalue weighted by Gasteiger charge is 2.27. The van der Waals surface area contributed by atoms with E-state index >= 15 is 0 Å². The molecule has 0 spiro atoms. The number of aromatic hydroxyl groups is 1. The average Bonchev–Trinajstić information content (AvgIpc) is 3.17. The number of fused-ring (bicyclic) bond motifs is 1. The van der Waals surface area contributed by atoms with Crippen molar-refractivity contribution in [1.82, 2.24) is 0 Å². The third-order valence-corrected chi connectivity index (χ3v) is 4.15. The molecule has 1 aliphatic rings. The number of aliphatic carboxylic acids is 1. The van der Waals surface area contributed by atoms with Crippen molar-refractivity contribution in [1.29, 1.82) is 0 Å². The van der Waals surface area contributed by atoms with Crippen molar-refractivity contribution in [3.63, 3.8) is 0 Å². The van der Waals surface area contributed by atoms with E-state index in [1.165, 1.54) is 19.2 Å². The summed E-state index contributed by atoms with van der Waals surface area (Å²) in [4.78, 5) is 23.3. The molecule has 0 aromatic heterocycles. The van der Waals surface area contributed by atoms with Gasteiger partial charge in [0.25, 0.3) is 0 Å². The minimum atomic E-state index is -1.24. The molecule has 30 heavy (non-hydrogen) atoms.